The van der Waals surface area contributed by atoms with Gasteiger partial charge in [0.25, 0.3) is 0 Å². The maximum absolute atomic E-state index is 13.1. The summed E-state index contributed by atoms with van der Waals surface area (Å²) in [6.07, 6.45) is 3.30. The molecule has 0 aliphatic heterocycles. The monoisotopic (exact) mass is 315 g/mol. The highest BCUT2D eigenvalue weighted by Crippen LogP contribution is 2.32. The quantitative estimate of drug-likeness (QED) is 0.899. The Kier molecular flexibility index (Phi) is 4.02. The van der Waals surface area contributed by atoms with Crippen molar-refractivity contribution in [3.8, 4) is 0 Å². The molecular weight excluding hydrogens is 301 g/mol. The number of halogens is 2. The zero-order valence-electron chi connectivity index (χ0n) is 9.88. The van der Waals surface area contributed by atoms with Gasteiger partial charge < -0.3 is 10.4 Å². The molecule has 18 heavy (non-hydrogen) atoms. The number of aliphatic hydroxyl groups is 1. The summed E-state index contributed by atoms with van der Waals surface area (Å²) in [7, 11) is 0. The van der Waals surface area contributed by atoms with Gasteiger partial charge in [0.1, 0.15) is 5.82 Å². The molecule has 0 heterocycles. The van der Waals surface area contributed by atoms with Crippen LogP contribution in [0.25, 0.3) is 0 Å². The third kappa shape index (κ3) is 3.53. The van der Waals surface area contributed by atoms with Crippen LogP contribution in [0.5, 0.6) is 0 Å². The molecule has 5 heteroatoms. The molecule has 1 amide bonds. The minimum absolute atomic E-state index is 0.0706. The summed E-state index contributed by atoms with van der Waals surface area (Å²) in [5.74, 6) is -0.698. The van der Waals surface area contributed by atoms with E-state index in [1.165, 1.54) is 12.1 Å². The predicted molar refractivity (Wildman–Crippen MR) is 70.8 cm³/mol. The highest BCUT2D eigenvalue weighted by Gasteiger charge is 2.33. The Labute approximate surface area is 114 Å². The Balaban J connectivity index is 1.98. The third-order valence-electron chi connectivity index (χ3n) is 3.17. The van der Waals surface area contributed by atoms with Crippen molar-refractivity contribution in [1.82, 2.24) is 0 Å². The summed E-state index contributed by atoms with van der Waals surface area (Å²) in [4.78, 5) is 11.8. The molecular formula is C13H15BrFNO2. The van der Waals surface area contributed by atoms with Crippen LogP contribution in [0.15, 0.2) is 22.7 Å². The second kappa shape index (κ2) is 5.36. The SMILES string of the molecule is O=C(CC1(O)CCCC1)Nc1cc(F)cc(Br)c1. The van der Waals surface area contributed by atoms with Crippen LogP contribution in [0.4, 0.5) is 10.1 Å². The lowest BCUT2D eigenvalue weighted by molar-refractivity contribution is -0.120. The van der Waals surface area contributed by atoms with Crippen molar-refractivity contribution in [2.24, 2.45) is 0 Å². The third-order valence-corrected chi connectivity index (χ3v) is 3.63. The van der Waals surface area contributed by atoms with Gasteiger partial charge in [-0.3, -0.25) is 4.79 Å². The van der Waals surface area contributed by atoms with Crippen LogP contribution in [0.2, 0.25) is 0 Å². The van der Waals surface area contributed by atoms with Crippen molar-refractivity contribution >= 4 is 27.5 Å². The molecule has 2 N–H and O–H groups in total. The van der Waals surface area contributed by atoms with E-state index < -0.39 is 11.4 Å². The van der Waals surface area contributed by atoms with E-state index in [9.17, 15) is 14.3 Å². The second-order valence-corrected chi connectivity index (χ2v) is 5.73. The number of anilines is 1. The van der Waals surface area contributed by atoms with Gasteiger partial charge in [-0.25, -0.2) is 4.39 Å². The summed E-state index contributed by atoms with van der Waals surface area (Å²) in [5, 5.41) is 12.7. The number of benzene rings is 1. The minimum Gasteiger partial charge on any atom is -0.389 e. The zero-order chi connectivity index (χ0) is 13.2. The van der Waals surface area contributed by atoms with Crippen LogP contribution >= 0.6 is 15.9 Å². The molecule has 3 nitrogen and oxygen atoms in total. The van der Waals surface area contributed by atoms with Gasteiger partial charge in [-0.15, -0.1) is 0 Å². The molecule has 0 radical (unpaired) electrons. The van der Waals surface area contributed by atoms with Gasteiger partial charge in [0.2, 0.25) is 5.91 Å². The lowest BCUT2D eigenvalue weighted by atomic mass is 9.97. The number of hydrogen-bond donors (Lipinski definition) is 2. The van der Waals surface area contributed by atoms with Gasteiger partial charge in [0.05, 0.1) is 12.0 Å². The van der Waals surface area contributed by atoms with Crippen molar-refractivity contribution in [3.63, 3.8) is 0 Å². The summed E-state index contributed by atoms with van der Waals surface area (Å²) in [6, 6.07) is 4.20. The number of rotatable bonds is 3. The van der Waals surface area contributed by atoms with Gasteiger partial charge in [-0.05, 0) is 31.0 Å². The molecule has 1 aliphatic carbocycles. The zero-order valence-corrected chi connectivity index (χ0v) is 11.5. The van der Waals surface area contributed by atoms with E-state index in [1.54, 1.807) is 6.07 Å². The van der Waals surface area contributed by atoms with Gasteiger partial charge in [0.15, 0.2) is 0 Å². The van der Waals surface area contributed by atoms with Gasteiger partial charge in [-0.1, -0.05) is 28.8 Å². The maximum Gasteiger partial charge on any atom is 0.227 e. The smallest absolute Gasteiger partial charge is 0.227 e. The van der Waals surface area contributed by atoms with E-state index >= 15 is 0 Å². The van der Waals surface area contributed by atoms with E-state index in [2.05, 4.69) is 21.2 Å². The van der Waals surface area contributed by atoms with E-state index in [1.807, 2.05) is 0 Å². The van der Waals surface area contributed by atoms with Gasteiger partial charge >= 0.3 is 0 Å². The first-order valence-electron chi connectivity index (χ1n) is 5.95. The normalized spacial score (nSPS) is 17.7. The predicted octanol–water partition coefficient (Wildman–Crippen LogP) is 3.22. The molecule has 0 spiro atoms. The number of carbonyl (C=O) groups is 1. The van der Waals surface area contributed by atoms with Crippen molar-refractivity contribution in [3.05, 3.63) is 28.5 Å². The Bertz CT molecular complexity index is 438. The Morgan fingerprint density at radius 3 is 2.67 bits per heavy atom. The van der Waals surface area contributed by atoms with Crippen LogP contribution in [0, 0.1) is 5.82 Å². The first-order valence-corrected chi connectivity index (χ1v) is 6.74. The van der Waals surface area contributed by atoms with Crippen molar-refractivity contribution in [2.45, 2.75) is 37.7 Å². The Morgan fingerprint density at radius 2 is 2.06 bits per heavy atom. The van der Waals surface area contributed by atoms with Gasteiger partial charge in [0, 0.05) is 10.2 Å². The largest absolute Gasteiger partial charge is 0.389 e. The molecule has 1 aromatic carbocycles. The summed E-state index contributed by atoms with van der Waals surface area (Å²) >= 11 is 3.16. The number of hydrogen-bond acceptors (Lipinski definition) is 2. The topological polar surface area (TPSA) is 49.3 Å². The molecule has 1 aromatic rings. The molecule has 0 saturated heterocycles. The molecule has 0 atom stereocenters. The van der Waals surface area contributed by atoms with E-state index in [0.717, 1.165) is 12.8 Å². The van der Waals surface area contributed by atoms with E-state index in [0.29, 0.717) is 23.0 Å². The highest BCUT2D eigenvalue weighted by atomic mass is 79.9. The fourth-order valence-corrected chi connectivity index (χ4v) is 2.81. The molecule has 1 aliphatic rings. The Hall–Kier alpha value is -0.940. The summed E-state index contributed by atoms with van der Waals surface area (Å²) < 4.78 is 13.7. The second-order valence-electron chi connectivity index (χ2n) is 4.81. The fourth-order valence-electron chi connectivity index (χ4n) is 2.34. The lowest BCUT2D eigenvalue weighted by Gasteiger charge is -2.21. The molecule has 98 valence electrons. The molecule has 1 saturated carbocycles. The van der Waals surface area contributed by atoms with E-state index in [-0.39, 0.29) is 12.3 Å². The van der Waals surface area contributed by atoms with Crippen LogP contribution < -0.4 is 5.32 Å². The number of amides is 1. The molecule has 0 unspecified atom stereocenters. The van der Waals surface area contributed by atoms with Crippen LogP contribution in [0.3, 0.4) is 0 Å². The molecule has 1 fully saturated rings. The molecule has 2 rings (SSSR count). The first-order chi connectivity index (χ1) is 8.47. The number of nitrogens with one attached hydrogen (secondary N) is 1. The van der Waals surface area contributed by atoms with Crippen LogP contribution in [-0.4, -0.2) is 16.6 Å². The van der Waals surface area contributed by atoms with Crippen molar-refractivity contribution in [2.75, 3.05) is 5.32 Å². The molecule has 0 bridgehead atoms. The van der Waals surface area contributed by atoms with Crippen molar-refractivity contribution < 1.29 is 14.3 Å². The van der Waals surface area contributed by atoms with E-state index in [4.69, 9.17) is 0 Å². The van der Waals surface area contributed by atoms with Crippen molar-refractivity contribution in [1.29, 1.82) is 0 Å². The minimum atomic E-state index is -0.880. The average Bonchev–Trinajstić information content (AvgIpc) is 2.62. The molecule has 0 aromatic heterocycles. The average molecular weight is 316 g/mol. The summed E-state index contributed by atoms with van der Waals surface area (Å²) in [6.45, 7) is 0. The van der Waals surface area contributed by atoms with Gasteiger partial charge in [-0.2, -0.15) is 0 Å². The lowest BCUT2D eigenvalue weighted by Crippen LogP contribution is -2.30. The Morgan fingerprint density at radius 1 is 1.39 bits per heavy atom. The number of carbonyl (C=O) groups excluding carboxylic acids is 1. The standard InChI is InChI=1S/C13H15BrFNO2/c14-9-5-10(15)7-11(6-9)16-12(17)8-13(18)3-1-2-4-13/h5-7,18H,1-4,8H2,(H,16,17). The summed E-state index contributed by atoms with van der Waals surface area (Å²) in [5.41, 5.74) is -0.484. The fraction of sp³-hybridized carbons (Fsp3) is 0.462. The maximum atomic E-state index is 13.1. The van der Waals surface area contributed by atoms with Crippen LogP contribution in [0.1, 0.15) is 32.1 Å². The van der Waals surface area contributed by atoms with Crippen LogP contribution in [-0.2, 0) is 4.79 Å². The first kappa shape index (κ1) is 13.5. The highest BCUT2D eigenvalue weighted by molar-refractivity contribution is 9.10.